The largest absolute Gasteiger partial charge is 0.484 e. The fraction of sp³-hybridized carbons (Fsp3) is 0.273. The van der Waals surface area contributed by atoms with Crippen LogP contribution in [-0.2, 0) is 11.3 Å². The van der Waals surface area contributed by atoms with Crippen LogP contribution in [0.5, 0.6) is 0 Å². The molecule has 0 saturated carbocycles. The first-order valence-electron chi connectivity index (χ1n) is 9.72. The van der Waals surface area contributed by atoms with Crippen LogP contribution < -0.4 is 5.32 Å². The highest BCUT2D eigenvalue weighted by Gasteiger charge is 2.32. The van der Waals surface area contributed by atoms with Crippen LogP contribution >= 0.6 is 0 Å². The van der Waals surface area contributed by atoms with Gasteiger partial charge in [0.15, 0.2) is 11.5 Å². The number of fused-ring (bicyclic) bond motifs is 1. The van der Waals surface area contributed by atoms with E-state index in [0.29, 0.717) is 28.4 Å². The predicted octanol–water partition coefficient (Wildman–Crippen LogP) is 4.82. The van der Waals surface area contributed by atoms with Gasteiger partial charge in [0.05, 0.1) is 22.5 Å². The summed E-state index contributed by atoms with van der Waals surface area (Å²) in [6.07, 6.45) is 1.26. The molecule has 1 N–H and O–H groups in total. The lowest BCUT2D eigenvalue weighted by atomic mass is 10.1. The molecule has 32 heavy (non-hydrogen) atoms. The average Bonchev–Trinajstić information content (AvgIpc) is 2.73. The Hall–Kier alpha value is -3.53. The van der Waals surface area contributed by atoms with E-state index in [0.717, 1.165) is 24.5 Å². The number of alkyl halides is 3. The maximum atomic E-state index is 13.0. The number of hydrogen-bond acceptors (Lipinski definition) is 7. The number of ether oxygens (including phenoxy) is 1. The number of nitrogens with one attached hydrogen (secondary N) is 1. The van der Waals surface area contributed by atoms with Gasteiger partial charge in [0.2, 0.25) is 0 Å². The van der Waals surface area contributed by atoms with E-state index in [9.17, 15) is 13.2 Å². The van der Waals surface area contributed by atoms with Crippen LogP contribution in [0.2, 0.25) is 0 Å². The molecule has 10 heteroatoms. The average molecular weight is 444 g/mol. The van der Waals surface area contributed by atoms with E-state index in [2.05, 4.69) is 25.3 Å². The molecular weight excluding hydrogens is 421 g/mol. The summed E-state index contributed by atoms with van der Waals surface area (Å²) >= 11 is 0. The Morgan fingerprint density at radius 1 is 1.19 bits per heavy atom. The van der Waals surface area contributed by atoms with Crippen LogP contribution in [0.25, 0.3) is 22.4 Å². The third kappa shape index (κ3) is 5.38. The summed E-state index contributed by atoms with van der Waals surface area (Å²) in [6, 6.07) is 7.32. The summed E-state index contributed by atoms with van der Waals surface area (Å²) in [5.41, 5.74) is 2.88. The molecule has 3 aromatic heterocycles. The SMILES string of the molecule is C/C=C\C(=C/N(C)C(F)(F)F)Nc1nc(COC)nc2nc(-c3ncccc3C)ccc12. The number of aryl methyl sites for hydroxylation is 1. The van der Waals surface area contributed by atoms with Crippen molar-refractivity contribution in [1.82, 2.24) is 24.8 Å². The Morgan fingerprint density at radius 3 is 2.62 bits per heavy atom. The molecule has 0 bridgehead atoms. The topological polar surface area (TPSA) is 76.1 Å². The second kappa shape index (κ2) is 9.73. The lowest BCUT2D eigenvalue weighted by Crippen LogP contribution is -2.30. The van der Waals surface area contributed by atoms with E-state index in [1.165, 1.54) is 13.2 Å². The number of anilines is 1. The second-order valence-corrected chi connectivity index (χ2v) is 6.95. The minimum atomic E-state index is -4.51. The third-order valence-corrected chi connectivity index (χ3v) is 4.47. The Balaban J connectivity index is 2.11. The van der Waals surface area contributed by atoms with E-state index in [4.69, 9.17) is 4.74 Å². The van der Waals surface area contributed by atoms with Crippen molar-refractivity contribution < 1.29 is 17.9 Å². The molecule has 0 aliphatic carbocycles. The van der Waals surface area contributed by atoms with Gasteiger partial charge in [-0.05, 0) is 43.7 Å². The Labute approximate surface area is 183 Å². The zero-order valence-corrected chi connectivity index (χ0v) is 18.1. The van der Waals surface area contributed by atoms with Gasteiger partial charge < -0.3 is 10.1 Å². The highest BCUT2D eigenvalue weighted by Crippen LogP contribution is 2.27. The van der Waals surface area contributed by atoms with Crippen LogP contribution in [0.4, 0.5) is 19.0 Å². The molecule has 0 unspecified atom stereocenters. The molecule has 0 aliphatic rings. The minimum Gasteiger partial charge on any atom is -0.377 e. The summed E-state index contributed by atoms with van der Waals surface area (Å²) in [7, 11) is 2.44. The van der Waals surface area contributed by atoms with E-state index < -0.39 is 6.30 Å². The van der Waals surface area contributed by atoms with Gasteiger partial charge >= 0.3 is 6.30 Å². The molecule has 168 valence electrons. The standard InChI is InChI=1S/C22H23F3N6O/c1-5-7-15(12-31(3)22(23,24)25)27-20-16-9-10-17(19-14(2)8-6-11-26-19)28-21(16)30-18(29-20)13-32-4/h5-12H,13H2,1-4H3,(H,27,28,29,30)/b7-5-,15-12+. The maximum Gasteiger partial charge on any atom is 0.484 e. The minimum absolute atomic E-state index is 0.115. The predicted molar refractivity (Wildman–Crippen MR) is 116 cm³/mol. The number of hydrogen-bond donors (Lipinski definition) is 1. The van der Waals surface area contributed by atoms with Crippen LogP contribution in [0.1, 0.15) is 18.3 Å². The first-order chi connectivity index (χ1) is 15.2. The van der Waals surface area contributed by atoms with Gasteiger partial charge in [-0.1, -0.05) is 12.1 Å². The van der Waals surface area contributed by atoms with Crippen molar-refractivity contribution in [2.24, 2.45) is 0 Å². The monoisotopic (exact) mass is 444 g/mol. The van der Waals surface area contributed by atoms with Gasteiger partial charge in [-0.2, -0.15) is 13.2 Å². The summed E-state index contributed by atoms with van der Waals surface area (Å²) < 4.78 is 44.2. The number of methoxy groups -OCH3 is 1. The van der Waals surface area contributed by atoms with Crippen LogP contribution in [0.15, 0.2) is 54.5 Å². The van der Waals surface area contributed by atoms with E-state index in [1.807, 2.05) is 19.1 Å². The number of rotatable bonds is 7. The lowest BCUT2D eigenvalue weighted by molar-refractivity contribution is -0.219. The van der Waals surface area contributed by atoms with E-state index in [1.54, 1.807) is 31.3 Å². The number of allylic oxidation sites excluding steroid dienone is 2. The quantitative estimate of drug-likeness (QED) is 0.413. The molecule has 0 radical (unpaired) electrons. The van der Waals surface area contributed by atoms with Crippen molar-refractivity contribution in [1.29, 1.82) is 0 Å². The van der Waals surface area contributed by atoms with Crippen molar-refractivity contribution in [2.75, 3.05) is 19.5 Å². The zero-order valence-electron chi connectivity index (χ0n) is 18.1. The van der Waals surface area contributed by atoms with Crippen molar-refractivity contribution in [3.8, 4) is 11.4 Å². The smallest absolute Gasteiger partial charge is 0.377 e. The summed E-state index contributed by atoms with van der Waals surface area (Å²) in [5, 5.41) is 3.51. The Bertz CT molecular complexity index is 1160. The van der Waals surface area contributed by atoms with Gasteiger partial charge in [-0.3, -0.25) is 9.88 Å². The number of halogens is 3. The van der Waals surface area contributed by atoms with E-state index in [-0.39, 0.29) is 17.2 Å². The first kappa shape index (κ1) is 23.1. The normalized spacial score (nSPS) is 12.5. The van der Waals surface area contributed by atoms with Gasteiger partial charge in [0, 0.05) is 26.6 Å². The van der Waals surface area contributed by atoms with Gasteiger partial charge in [0.25, 0.3) is 0 Å². The summed E-state index contributed by atoms with van der Waals surface area (Å²) in [5.74, 6) is 0.660. The molecule has 3 aromatic rings. The Morgan fingerprint density at radius 2 is 1.97 bits per heavy atom. The molecule has 0 aliphatic heterocycles. The molecule has 3 heterocycles. The summed E-state index contributed by atoms with van der Waals surface area (Å²) in [4.78, 5) is 18.1. The maximum absolute atomic E-state index is 13.0. The molecule has 0 spiro atoms. The molecule has 3 rings (SSSR count). The van der Waals surface area contributed by atoms with Gasteiger partial charge in [0.1, 0.15) is 12.4 Å². The lowest BCUT2D eigenvalue weighted by Gasteiger charge is -2.19. The molecule has 7 nitrogen and oxygen atoms in total. The summed E-state index contributed by atoms with van der Waals surface area (Å²) in [6.45, 7) is 3.76. The fourth-order valence-electron chi connectivity index (χ4n) is 2.94. The molecule has 0 aromatic carbocycles. The first-order valence-corrected chi connectivity index (χ1v) is 9.72. The molecule has 0 saturated heterocycles. The van der Waals surface area contributed by atoms with Crippen molar-refractivity contribution >= 4 is 16.9 Å². The van der Waals surface area contributed by atoms with Gasteiger partial charge in [-0.15, -0.1) is 0 Å². The van der Waals surface area contributed by atoms with Gasteiger partial charge in [-0.25, -0.2) is 15.0 Å². The molecule has 0 atom stereocenters. The second-order valence-electron chi connectivity index (χ2n) is 6.95. The molecular formula is C22H23F3N6O. The van der Waals surface area contributed by atoms with Crippen LogP contribution in [0.3, 0.4) is 0 Å². The Kier molecular flexibility index (Phi) is 7.04. The number of pyridine rings is 2. The van der Waals surface area contributed by atoms with Crippen molar-refractivity contribution in [3.63, 3.8) is 0 Å². The molecule has 0 fully saturated rings. The highest BCUT2D eigenvalue weighted by atomic mass is 19.4. The van der Waals surface area contributed by atoms with Crippen LogP contribution in [-0.4, -0.2) is 45.3 Å². The van der Waals surface area contributed by atoms with Crippen LogP contribution in [0, 0.1) is 6.92 Å². The zero-order chi connectivity index (χ0) is 23.3. The van der Waals surface area contributed by atoms with Crippen molar-refractivity contribution in [2.45, 2.75) is 26.8 Å². The van der Waals surface area contributed by atoms with E-state index >= 15 is 0 Å². The number of nitrogens with zero attached hydrogens (tertiary/aromatic N) is 5. The highest BCUT2D eigenvalue weighted by molar-refractivity contribution is 5.89. The fourth-order valence-corrected chi connectivity index (χ4v) is 2.94. The van der Waals surface area contributed by atoms with Crippen molar-refractivity contribution in [3.05, 3.63) is 65.9 Å². The number of aromatic nitrogens is 4. The molecule has 0 amide bonds. The third-order valence-electron chi connectivity index (χ3n) is 4.47.